The summed E-state index contributed by atoms with van der Waals surface area (Å²) >= 11 is 0. The van der Waals surface area contributed by atoms with Crippen molar-refractivity contribution in [2.75, 3.05) is 20.7 Å². The number of methoxy groups -OCH3 is 1. The summed E-state index contributed by atoms with van der Waals surface area (Å²) in [6.07, 6.45) is 4.44. The summed E-state index contributed by atoms with van der Waals surface area (Å²) in [6.45, 7) is 0.579. The molecule has 2 aliphatic heterocycles. The summed E-state index contributed by atoms with van der Waals surface area (Å²) in [6, 6.07) is 0. The molecule has 0 N–H and O–H groups in total. The van der Waals surface area contributed by atoms with Gasteiger partial charge in [0.2, 0.25) is 0 Å². The Morgan fingerprint density at radius 3 is 2.67 bits per heavy atom. The van der Waals surface area contributed by atoms with E-state index in [0.29, 0.717) is 6.54 Å². The number of fused-ring (bicyclic) bond motifs is 1. The van der Waals surface area contributed by atoms with E-state index in [-0.39, 0.29) is 18.1 Å². The molecule has 102 valence electrons. The number of carbonyl (C=O) groups excluding carboxylic acids is 1. The van der Waals surface area contributed by atoms with E-state index in [9.17, 15) is 4.79 Å². The zero-order chi connectivity index (χ0) is 12.8. The molecule has 0 unspecified atom stereocenters. The Balaban J connectivity index is 1.82. The molecule has 3 atom stereocenters. The lowest BCUT2D eigenvalue weighted by molar-refractivity contribution is -0.199. The molecule has 0 bridgehead atoms. The maximum Gasteiger partial charge on any atom is 0.254 e. The molecule has 5 nitrogen and oxygen atoms in total. The van der Waals surface area contributed by atoms with Crippen molar-refractivity contribution in [3.8, 4) is 0 Å². The molecule has 1 amide bonds. The summed E-state index contributed by atoms with van der Waals surface area (Å²) in [5.74, 6) is -0.499. The van der Waals surface area contributed by atoms with Crippen LogP contribution in [0.1, 0.15) is 32.1 Å². The largest absolute Gasteiger partial charge is 0.377 e. The van der Waals surface area contributed by atoms with Gasteiger partial charge in [0.1, 0.15) is 12.2 Å². The molecule has 2 saturated heterocycles. The van der Waals surface area contributed by atoms with Gasteiger partial charge in [0.05, 0.1) is 0 Å². The summed E-state index contributed by atoms with van der Waals surface area (Å²) in [4.78, 5) is 13.8. The van der Waals surface area contributed by atoms with Gasteiger partial charge in [-0.25, -0.2) is 0 Å². The lowest BCUT2D eigenvalue weighted by Gasteiger charge is -2.35. The molecule has 1 saturated carbocycles. The van der Waals surface area contributed by atoms with Crippen LogP contribution in [0.5, 0.6) is 0 Å². The van der Waals surface area contributed by atoms with Crippen LogP contribution in [0, 0.1) is 0 Å². The number of carbonyl (C=O) groups is 1. The average Bonchev–Trinajstić information content (AvgIpc) is 2.74. The third-order valence-electron chi connectivity index (χ3n) is 4.35. The summed E-state index contributed by atoms with van der Waals surface area (Å²) in [5.41, 5.74) is 0. The topological polar surface area (TPSA) is 48.0 Å². The summed E-state index contributed by atoms with van der Waals surface area (Å²) in [5, 5.41) is 0. The fraction of sp³-hybridized carbons (Fsp3) is 0.923. The van der Waals surface area contributed by atoms with E-state index >= 15 is 0 Å². The Bertz CT molecular complexity index is 340. The molecule has 5 heteroatoms. The molecular weight excluding hydrogens is 234 g/mol. The molecule has 0 aromatic rings. The molecule has 0 aromatic carbocycles. The van der Waals surface area contributed by atoms with Gasteiger partial charge in [-0.1, -0.05) is 6.42 Å². The number of hydrogen-bond donors (Lipinski definition) is 0. The predicted molar refractivity (Wildman–Crippen MR) is 64.0 cm³/mol. The van der Waals surface area contributed by atoms with Crippen molar-refractivity contribution in [2.24, 2.45) is 0 Å². The standard InChI is InChI=1S/C13H21NO4/c1-14-8-9(16-2)10-11(12(14)15)18-13(17-10)6-4-3-5-7-13/h9-11H,3-8H2,1-2H3/t9-,10-,11-/m1/s1. The second-order valence-electron chi connectivity index (χ2n) is 5.59. The molecule has 18 heavy (non-hydrogen) atoms. The minimum atomic E-state index is -0.523. The summed E-state index contributed by atoms with van der Waals surface area (Å²) in [7, 11) is 3.46. The number of piperidine rings is 1. The zero-order valence-electron chi connectivity index (χ0n) is 11.1. The number of ether oxygens (including phenoxy) is 3. The highest BCUT2D eigenvalue weighted by Crippen LogP contribution is 2.43. The first kappa shape index (κ1) is 12.4. The Morgan fingerprint density at radius 1 is 1.28 bits per heavy atom. The molecule has 3 fully saturated rings. The monoisotopic (exact) mass is 255 g/mol. The SMILES string of the molecule is CO[C@@H]1CN(C)C(=O)[C@@H]2OC3(CCCCC3)O[C@H]12. The number of amides is 1. The first-order valence-electron chi connectivity index (χ1n) is 6.79. The molecule has 1 spiro atoms. The Labute approximate surface area is 107 Å². The van der Waals surface area contributed by atoms with Crippen LogP contribution in [0.4, 0.5) is 0 Å². The maximum atomic E-state index is 12.2. The molecule has 0 aromatic heterocycles. The minimum absolute atomic E-state index is 0.0238. The van der Waals surface area contributed by atoms with Gasteiger partial charge >= 0.3 is 0 Å². The smallest absolute Gasteiger partial charge is 0.254 e. The van der Waals surface area contributed by atoms with Crippen molar-refractivity contribution in [1.29, 1.82) is 0 Å². The lowest BCUT2D eigenvalue weighted by atomic mass is 9.94. The third-order valence-corrected chi connectivity index (χ3v) is 4.35. The van der Waals surface area contributed by atoms with Gasteiger partial charge in [-0.2, -0.15) is 0 Å². The van der Waals surface area contributed by atoms with E-state index < -0.39 is 11.9 Å². The van der Waals surface area contributed by atoms with Crippen LogP contribution in [-0.2, 0) is 19.0 Å². The number of nitrogens with zero attached hydrogens (tertiary/aromatic N) is 1. The second-order valence-corrected chi connectivity index (χ2v) is 5.59. The van der Waals surface area contributed by atoms with Crippen LogP contribution in [0.2, 0.25) is 0 Å². The molecular formula is C13H21NO4. The molecule has 2 heterocycles. The van der Waals surface area contributed by atoms with Crippen molar-refractivity contribution in [2.45, 2.75) is 56.2 Å². The van der Waals surface area contributed by atoms with Crippen molar-refractivity contribution in [3.63, 3.8) is 0 Å². The predicted octanol–water partition coefficient (Wildman–Crippen LogP) is 0.918. The van der Waals surface area contributed by atoms with E-state index in [4.69, 9.17) is 14.2 Å². The first-order chi connectivity index (χ1) is 8.65. The van der Waals surface area contributed by atoms with Crippen LogP contribution in [0.15, 0.2) is 0 Å². The van der Waals surface area contributed by atoms with Crippen LogP contribution in [-0.4, -0.2) is 55.6 Å². The van der Waals surface area contributed by atoms with Crippen LogP contribution >= 0.6 is 0 Å². The number of likely N-dealkylation sites (N-methyl/N-ethyl adjacent to an activating group) is 1. The molecule has 3 rings (SSSR count). The van der Waals surface area contributed by atoms with Gasteiger partial charge in [-0.15, -0.1) is 0 Å². The van der Waals surface area contributed by atoms with Gasteiger partial charge in [-0.05, 0) is 12.8 Å². The molecule has 1 aliphatic carbocycles. The average molecular weight is 255 g/mol. The highest BCUT2D eigenvalue weighted by molar-refractivity contribution is 5.82. The van der Waals surface area contributed by atoms with E-state index in [1.54, 1.807) is 19.1 Å². The Morgan fingerprint density at radius 2 is 2.00 bits per heavy atom. The normalized spacial score (nSPS) is 39.1. The van der Waals surface area contributed by atoms with E-state index in [0.717, 1.165) is 25.7 Å². The summed E-state index contributed by atoms with van der Waals surface area (Å²) < 4.78 is 17.6. The highest BCUT2D eigenvalue weighted by atomic mass is 16.8. The molecule has 3 aliphatic rings. The second kappa shape index (κ2) is 4.47. The highest BCUT2D eigenvalue weighted by Gasteiger charge is 2.56. The van der Waals surface area contributed by atoms with Crippen molar-refractivity contribution >= 4 is 5.91 Å². The van der Waals surface area contributed by atoms with Gasteiger partial charge in [-0.3, -0.25) is 4.79 Å². The van der Waals surface area contributed by atoms with Crippen LogP contribution in [0.25, 0.3) is 0 Å². The number of rotatable bonds is 1. The quantitative estimate of drug-likeness (QED) is 0.699. The van der Waals surface area contributed by atoms with Crippen molar-refractivity contribution in [3.05, 3.63) is 0 Å². The van der Waals surface area contributed by atoms with Gasteiger partial charge < -0.3 is 19.1 Å². The third kappa shape index (κ3) is 1.85. The zero-order valence-corrected chi connectivity index (χ0v) is 11.1. The van der Waals surface area contributed by atoms with Crippen LogP contribution in [0.3, 0.4) is 0 Å². The van der Waals surface area contributed by atoms with Gasteiger partial charge in [0, 0.05) is 33.5 Å². The number of hydrogen-bond acceptors (Lipinski definition) is 4. The Hall–Kier alpha value is -0.650. The lowest BCUT2D eigenvalue weighted by Crippen LogP contribution is -2.56. The Kier molecular flexibility index (Phi) is 3.08. The molecule has 0 radical (unpaired) electrons. The fourth-order valence-electron chi connectivity index (χ4n) is 3.31. The minimum Gasteiger partial charge on any atom is -0.377 e. The van der Waals surface area contributed by atoms with Gasteiger partial charge in [0.25, 0.3) is 5.91 Å². The van der Waals surface area contributed by atoms with E-state index in [1.165, 1.54) is 6.42 Å². The maximum absolute atomic E-state index is 12.2. The fourth-order valence-corrected chi connectivity index (χ4v) is 3.31. The number of likely N-dealkylation sites (tertiary alicyclic amines) is 1. The van der Waals surface area contributed by atoms with E-state index in [2.05, 4.69) is 0 Å². The first-order valence-corrected chi connectivity index (χ1v) is 6.79. The van der Waals surface area contributed by atoms with Crippen molar-refractivity contribution < 1.29 is 19.0 Å². The van der Waals surface area contributed by atoms with E-state index in [1.807, 2.05) is 0 Å². The van der Waals surface area contributed by atoms with Gasteiger partial charge in [0.15, 0.2) is 11.9 Å². The van der Waals surface area contributed by atoms with Crippen LogP contribution < -0.4 is 0 Å². The van der Waals surface area contributed by atoms with Crippen molar-refractivity contribution in [1.82, 2.24) is 4.90 Å².